The number of hydrogen-bond acceptors (Lipinski definition) is 2. The summed E-state index contributed by atoms with van der Waals surface area (Å²) in [4.78, 5) is 0. The topological polar surface area (TPSA) is 21.3 Å². The summed E-state index contributed by atoms with van der Waals surface area (Å²) in [6.45, 7) is 4.23. The van der Waals surface area contributed by atoms with Crippen molar-refractivity contribution in [2.75, 3.05) is 20.3 Å². The van der Waals surface area contributed by atoms with Gasteiger partial charge < -0.3 is 10.1 Å². The Hall–Kier alpha value is -0.340. The van der Waals surface area contributed by atoms with E-state index in [-0.39, 0.29) is 0 Å². The van der Waals surface area contributed by atoms with Crippen LogP contribution >= 0.6 is 0 Å². The maximum atomic E-state index is 5.20. The molecule has 2 aliphatic carbocycles. The fourth-order valence-electron chi connectivity index (χ4n) is 2.97. The van der Waals surface area contributed by atoms with Gasteiger partial charge in [-0.1, -0.05) is 19.1 Å². The second-order valence-electron chi connectivity index (χ2n) is 5.01. The van der Waals surface area contributed by atoms with E-state index in [1.54, 1.807) is 7.11 Å². The highest BCUT2D eigenvalue weighted by atomic mass is 16.5. The molecule has 0 aromatic carbocycles. The number of hydrogen-bond donors (Lipinski definition) is 1. The highest BCUT2D eigenvalue weighted by Crippen LogP contribution is 2.42. The van der Waals surface area contributed by atoms with Gasteiger partial charge in [0.25, 0.3) is 0 Å². The molecule has 1 fully saturated rings. The zero-order valence-corrected chi connectivity index (χ0v) is 9.91. The zero-order valence-electron chi connectivity index (χ0n) is 9.91. The first-order valence-corrected chi connectivity index (χ1v) is 6.24. The molecule has 0 amide bonds. The Labute approximate surface area is 93.1 Å². The summed E-state index contributed by atoms with van der Waals surface area (Å²) in [7, 11) is 1.78. The molecule has 0 heterocycles. The molecule has 1 saturated carbocycles. The number of fused-ring (bicyclic) bond motifs is 2. The SMILES string of the molecule is CC[C@H](COC)NC[C@H]1C[C@H]2C=C[C@H]1C2. The van der Waals surface area contributed by atoms with Crippen molar-refractivity contribution in [2.24, 2.45) is 17.8 Å². The predicted molar refractivity (Wildman–Crippen MR) is 62.8 cm³/mol. The van der Waals surface area contributed by atoms with Gasteiger partial charge in [0.1, 0.15) is 0 Å². The fraction of sp³-hybridized carbons (Fsp3) is 0.846. The molecule has 2 aliphatic rings. The van der Waals surface area contributed by atoms with E-state index in [0.717, 1.165) is 30.8 Å². The lowest BCUT2D eigenvalue weighted by Gasteiger charge is -2.22. The van der Waals surface area contributed by atoms with Crippen LogP contribution in [-0.4, -0.2) is 26.3 Å². The molecule has 0 aromatic heterocycles. The largest absolute Gasteiger partial charge is 0.383 e. The molecule has 0 saturated heterocycles. The Kier molecular flexibility index (Phi) is 3.81. The molecule has 2 heteroatoms. The van der Waals surface area contributed by atoms with Gasteiger partial charge in [0.2, 0.25) is 0 Å². The van der Waals surface area contributed by atoms with Crippen molar-refractivity contribution in [3.8, 4) is 0 Å². The van der Waals surface area contributed by atoms with E-state index in [9.17, 15) is 0 Å². The Balaban J connectivity index is 1.71. The normalized spacial score (nSPS) is 34.9. The highest BCUT2D eigenvalue weighted by molar-refractivity contribution is 5.10. The molecule has 0 radical (unpaired) electrons. The third-order valence-electron chi connectivity index (χ3n) is 3.95. The van der Waals surface area contributed by atoms with Crippen LogP contribution in [0, 0.1) is 17.8 Å². The van der Waals surface area contributed by atoms with Crippen LogP contribution < -0.4 is 5.32 Å². The third-order valence-corrected chi connectivity index (χ3v) is 3.95. The molecule has 1 N–H and O–H groups in total. The lowest BCUT2D eigenvalue weighted by Crippen LogP contribution is -2.37. The van der Waals surface area contributed by atoms with Crippen LogP contribution in [0.5, 0.6) is 0 Å². The lowest BCUT2D eigenvalue weighted by atomic mass is 9.93. The van der Waals surface area contributed by atoms with Gasteiger partial charge in [-0.2, -0.15) is 0 Å². The van der Waals surface area contributed by atoms with E-state index in [0.29, 0.717) is 6.04 Å². The Morgan fingerprint density at radius 2 is 2.27 bits per heavy atom. The van der Waals surface area contributed by atoms with Crippen molar-refractivity contribution in [1.29, 1.82) is 0 Å². The minimum Gasteiger partial charge on any atom is -0.383 e. The summed E-state index contributed by atoms with van der Waals surface area (Å²) in [5.74, 6) is 2.64. The molecule has 4 atom stereocenters. The maximum absolute atomic E-state index is 5.20. The average Bonchev–Trinajstić information content (AvgIpc) is 2.85. The predicted octanol–water partition coefficient (Wildman–Crippen LogP) is 2.21. The molecule has 15 heavy (non-hydrogen) atoms. The maximum Gasteiger partial charge on any atom is 0.0615 e. The summed E-state index contributed by atoms with van der Waals surface area (Å²) in [6.07, 6.45) is 8.81. The zero-order chi connectivity index (χ0) is 10.7. The van der Waals surface area contributed by atoms with Gasteiger partial charge in [-0.25, -0.2) is 0 Å². The van der Waals surface area contributed by atoms with Crippen LogP contribution in [0.2, 0.25) is 0 Å². The Morgan fingerprint density at radius 3 is 2.80 bits per heavy atom. The first-order chi connectivity index (χ1) is 7.33. The van der Waals surface area contributed by atoms with Gasteiger partial charge in [0, 0.05) is 13.2 Å². The lowest BCUT2D eigenvalue weighted by molar-refractivity contribution is 0.161. The number of ether oxygens (including phenoxy) is 1. The van der Waals surface area contributed by atoms with Gasteiger partial charge >= 0.3 is 0 Å². The van der Waals surface area contributed by atoms with E-state index in [1.165, 1.54) is 19.4 Å². The molecule has 2 bridgehead atoms. The summed E-state index contributed by atoms with van der Waals surface area (Å²) in [6, 6.07) is 0.540. The van der Waals surface area contributed by atoms with Crippen LogP contribution in [0.1, 0.15) is 26.2 Å². The summed E-state index contributed by atoms with van der Waals surface area (Å²) >= 11 is 0. The molecule has 2 rings (SSSR count). The van der Waals surface area contributed by atoms with E-state index in [2.05, 4.69) is 24.4 Å². The second-order valence-corrected chi connectivity index (χ2v) is 5.01. The minimum absolute atomic E-state index is 0.540. The van der Waals surface area contributed by atoms with Crippen LogP contribution in [0.25, 0.3) is 0 Å². The van der Waals surface area contributed by atoms with E-state index >= 15 is 0 Å². The van der Waals surface area contributed by atoms with Crippen molar-refractivity contribution in [3.05, 3.63) is 12.2 Å². The second kappa shape index (κ2) is 5.13. The van der Waals surface area contributed by atoms with E-state index in [1.807, 2.05) is 0 Å². The van der Waals surface area contributed by atoms with Gasteiger partial charge in [0.15, 0.2) is 0 Å². The first-order valence-electron chi connectivity index (χ1n) is 6.24. The molecule has 0 unspecified atom stereocenters. The van der Waals surface area contributed by atoms with E-state index in [4.69, 9.17) is 4.74 Å². The Morgan fingerprint density at radius 1 is 1.40 bits per heavy atom. The van der Waals surface area contributed by atoms with Crippen molar-refractivity contribution in [2.45, 2.75) is 32.2 Å². The molecular formula is C13H23NO. The average molecular weight is 209 g/mol. The smallest absolute Gasteiger partial charge is 0.0615 e. The number of allylic oxidation sites excluding steroid dienone is 2. The van der Waals surface area contributed by atoms with Gasteiger partial charge in [-0.05, 0) is 43.6 Å². The molecule has 86 valence electrons. The molecular weight excluding hydrogens is 186 g/mol. The monoisotopic (exact) mass is 209 g/mol. The van der Waals surface area contributed by atoms with E-state index < -0.39 is 0 Å². The molecule has 0 spiro atoms. The summed E-state index contributed by atoms with van der Waals surface area (Å²) in [5, 5.41) is 3.64. The van der Waals surface area contributed by atoms with Crippen LogP contribution in [0.4, 0.5) is 0 Å². The van der Waals surface area contributed by atoms with Gasteiger partial charge in [-0.15, -0.1) is 0 Å². The van der Waals surface area contributed by atoms with Crippen molar-refractivity contribution in [3.63, 3.8) is 0 Å². The van der Waals surface area contributed by atoms with Crippen molar-refractivity contribution >= 4 is 0 Å². The first kappa shape index (κ1) is 11.2. The van der Waals surface area contributed by atoms with Crippen LogP contribution in [-0.2, 0) is 4.74 Å². The van der Waals surface area contributed by atoms with Crippen molar-refractivity contribution < 1.29 is 4.74 Å². The number of nitrogens with one attached hydrogen (secondary N) is 1. The molecule has 2 nitrogen and oxygen atoms in total. The fourth-order valence-corrected chi connectivity index (χ4v) is 2.97. The summed E-state index contributed by atoms with van der Waals surface area (Å²) < 4.78 is 5.20. The van der Waals surface area contributed by atoms with Crippen molar-refractivity contribution in [1.82, 2.24) is 5.32 Å². The Bertz CT molecular complexity index is 227. The highest BCUT2D eigenvalue weighted by Gasteiger charge is 2.35. The molecule has 0 aromatic rings. The third kappa shape index (κ3) is 2.61. The van der Waals surface area contributed by atoms with Crippen LogP contribution in [0.15, 0.2) is 12.2 Å². The van der Waals surface area contributed by atoms with Gasteiger partial charge in [-0.3, -0.25) is 0 Å². The minimum atomic E-state index is 0.540. The quantitative estimate of drug-likeness (QED) is 0.677. The standard InChI is InChI=1S/C13H23NO/c1-3-13(9-15-2)14-8-12-7-10-4-5-11(12)6-10/h4-5,10-14H,3,6-9H2,1-2H3/t10-,11-,12+,13+/m0/s1. The summed E-state index contributed by atoms with van der Waals surface area (Å²) in [5.41, 5.74) is 0. The van der Waals surface area contributed by atoms with Crippen LogP contribution in [0.3, 0.4) is 0 Å². The molecule has 0 aliphatic heterocycles. The number of methoxy groups -OCH3 is 1. The van der Waals surface area contributed by atoms with Gasteiger partial charge in [0.05, 0.1) is 6.61 Å². The number of rotatable bonds is 6.